The van der Waals surface area contributed by atoms with Gasteiger partial charge < -0.3 is 19.2 Å². The van der Waals surface area contributed by atoms with Crippen molar-refractivity contribution in [1.29, 1.82) is 0 Å². The Kier molecular flexibility index (Phi) is 7.73. The van der Waals surface area contributed by atoms with Gasteiger partial charge in [-0.3, -0.25) is 0 Å². The molecule has 1 heterocycles. The zero-order chi connectivity index (χ0) is 25.9. The summed E-state index contributed by atoms with van der Waals surface area (Å²) in [7, 11) is 2.97. The molecule has 1 aromatic heterocycles. The van der Waals surface area contributed by atoms with Gasteiger partial charge in [-0.05, 0) is 75.1 Å². The number of esters is 2. The third-order valence-corrected chi connectivity index (χ3v) is 5.83. The minimum absolute atomic E-state index is 0.0107. The first-order valence-electron chi connectivity index (χ1n) is 11.7. The number of ether oxygens (including phenoxy) is 3. The Bertz CT molecular complexity index is 1260. The predicted molar refractivity (Wildman–Crippen MR) is 139 cm³/mol. The average Bonchev–Trinajstić information content (AvgIpc) is 3.20. The van der Waals surface area contributed by atoms with Crippen LogP contribution in [0.4, 0.5) is 0 Å². The Morgan fingerprint density at radius 1 is 1.00 bits per heavy atom. The van der Waals surface area contributed by atoms with E-state index < -0.39 is 11.6 Å². The van der Waals surface area contributed by atoms with Gasteiger partial charge >= 0.3 is 11.9 Å². The number of methoxy groups -OCH3 is 2. The molecule has 0 fully saturated rings. The molecule has 2 aromatic carbocycles. The summed E-state index contributed by atoms with van der Waals surface area (Å²) in [6.07, 6.45) is 3.87. The number of fused-ring (bicyclic) bond motifs is 1. The maximum absolute atomic E-state index is 12.5. The maximum Gasteiger partial charge on any atom is 0.337 e. The van der Waals surface area contributed by atoms with Crippen LogP contribution >= 0.6 is 0 Å². The minimum atomic E-state index is -0.545. The third-order valence-electron chi connectivity index (χ3n) is 5.83. The normalized spacial score (nSPS) is 13.1. The fourth-order valence-electron chi connectivity index (χ4n) is 4.27. The van der Waals surface area contributed by atoms with Gasteiger partial charge in [-0.15, -0.1) is 0 Å². The molecule has 0 saturated carbocycles. The lowest BCUT2D eigenvalue weighted by atomic mass is 9.81. The summed E-state index contributed by atoms with van der Waals surface area (Å²) >= 11 is 0. The Hall–Kier alpha value is -3.54. The molecular weight excluding hydrogens is 442 g/mol. The van der Waals surface area contributed by atoms with E-state index in [1.54, 1.807) is 26.2 Å². The maximum atomic E-state index is 12.5. The molecule has 1 N–H and O–H groups in total. The van der Waals surface area contributed by atoms with E-state index in [2.05, 4.69) is 24.9 Å². The van der Waals surface area contributed by atoms with E-state index in [9.17, 15) is 9.59 Å². The third kappa shape index (κ3) is 5.94. The first-order chi connectivity index (χ1) is 16.4. The standard InChI is InChI=1S/C29H35NO5/c1-17(2)26(21-11-10-20(28(32)34-8)15-25(21)33-7)23-16-30-24-12-9-19(14-22(23)24)13-18(3)27(31)35-29(4,5)6/h9-17,26,30H,1-8H3/b18-13+. The van der Waals surface area contributed by atoms with E-state index in [1.807, 2.05) is 51.2 Å². The second-order valence-corrected chi connectivity index (χ2v) is 10.0. The monoisotopic (exact) mass is 477 g/mol. The second kappa shape index (κ2) is 10.4. The molecule has 0 aliphatic heterocycles. The molecule has 6 nitrogen and oxygen atoms in total. The van der Waals surface area contributed by atoms with Crippen molar-refractivity contribution in [3.05, 3.63) is 70.4 Å². The lowest BCUT2D eigenvalue weighted by Gasteiger charge is -2.24. The molecule has 3 rings (SSSR count). The summed E-state index contributed by atoms with van der Waals surface area (Å²) < 4.78 is 16.0. The molecule has 186 valence electrons. The van der Waals surface area contributed by atoms with Crippen LogP contribution in [0.5, 0.6) is 5.75 Å². The van der Waals surface area contributed by atoms with Crippen LogP contribution in [-0.4, -0.2) is 36.7 Å². The summed E-state index contributed by atoms with van der Waals surface area (Å²) in [6.45, 7) is 11.7. The highest BCUT2D eigenvalue weighted by Gasteiger charge is 2.26. The van der Waals surface area contributed by atoms with E-state index in [1.165, 1.54) is 7.11 Å². The number of hydrogen-bond donors (Lipinski definition) is 1. The van der Waals surface area contributed by atoms with Crippen LogP contribution in [0.15, 0.2) is 48.2 Å². The van der Waals surface area contributed by atoms with Gasteiger partial charge in [0.2, 0.25) is 0 Å². The largest absolute Gasteiger partial charge is 0.496 e. The number of benzene rings is 2. The topological polar surface area (TPSA) is 77.6 Å². The van der Waals surface area contributed by atoms with Crippen LogP contribution in [0.25, 0.3) is 17.0 Å². The van der Waals surface area contributed by atoms with Crippen molar-refractivity contribution in [3.8, 4) is 5.75 Å². The summed E-state index contributed by atoms with van der Waals surface area (Å²) in [4.78, 5) is 27.9. The number of nitrogens with one attached hydrogen (secondary N) is 1. The zero-order valence-corrected chi connectivity index (χ0v) is 21.8. The number of hydrogen-bond acceptors (Lipinski definition) is 5. The van der Waals surface area contributed by atoms with Crippen molar-refractivity contribution in [2.45, 2.75) is 53.1 Å². The Labute approximate surface area is 207 Å². The van der Waals surface area contributed by atoms with E-state index >= 15 is 0 Å². The summed E-state index contributed by atoms with van der Waals surface area (Å²) in [5.74, 6) is 0.158. The fraction of sp³-hybridized carbons (Fsp3) is 0.379. The van der Waals surface area contributed by atoms with Gasteiger partial charge in [0.05, 0.1) is 19.8 Å². The zero-order valence-electron chi connectivity index (χ0n) is 21.8. The number of aromatic nitrogens is 1. The molecule has 0 radical (unpaired) electrons. The molecule has 3 aromatic rings. The van der Waals surface area contributed by atoms with E-state index in [4.69, 9.17) is 14.2 Å². The van der Waals surface area contributed by atoms with Crippen LogP contribution in [0.1, 0.15) is 74.5 Å². The van der Waals surface area contributed by atoms with Crippen molar-refractivity contribution < 1.29 is 23.8 Å². The summed E-state index contributed by atoms with van der Waals surface area (Å²) in [5, 5.41) is 1.06. The van der Waals surface area contributed by atoms with Gasteiger partial charge in [-0.25, -0.2) is 9.59 Å². The highest BCUT2D eigenvalue weighted by atomic mass is 16.6. The van der Waals surface area contributed by atoms with Crippen LogP contribution < -0.4 is 4.74 Å². The predicted octanol–water partition coefficient (Wildman–Crippen LogP) is 6.50. The molecule has 0 saturated heterocycles. The van der Waals surface area contributed by atoms with Crippen molar-refractivity contribution in [2.75, 3.05) is 14.2 Å². The van der Waals surface area contributed by atoms with Crippen LogP contribution in [0.2, 0.25) is 0 Å². The number of aromatic amines is 1. The average molecular weight is 478 g/mol. The molecule has 0 aliphatic rings. The first kappa shape index (κ1) is 26.1. The number of carbonyl (C=O) groups is 2. The minimum Gasteiger partial charge on any atom is -0.496 e. The highest BCUT2D eigenvalue weighted by molar-refractivity contribution is 5.95. The molecule has 0 spiro atoms. The van der Waals surface area contributed by atoms with Gasteiger partial charge in [0.25, 0.3) is 0 Å². The van der Waals surface area contributed by atoms with Gasteiger partial charge in [0.1, 0.15) is 11.4 Å². The summed E-state index contributed by atoms with van der Waals surface area (Å²) in [5.41, 5.74) is 4.46. The van der Waals surface area contributed by atoms with Crippen LogP contribution in [0.3, 0.4) is 0 Å². The van der Waals surface area contributed by atoms with Gasteiger partial charge in [0, 0.05) is 34.2 Å². The molecule has 6 heteroatoms. The quantitative estimate of drug-likeness (QED) is 0.311. The molecule has 0 bridgehead atoms. The van der Waals surface area contributed by atoms with E-state index in [0.717, 1.165) is 27.6 Å². The van der Waals surface area contributed by atoms with Crippen molar-refractivity contribution in [2.24, 2.45) is 5.92 Å². The van der Waals surface area contributed by atoms with Crippen LogP contribution in [0, 0.1) is 5.92 Å². The molecular formula is C29H35NO5. The second-order valence-electron chi connectivity index (χ2n) is 10.0. The lowest BCUT2D eigenvalue weighted by molar-refractivity contribution is -0.149. The van der Waals surface area contributed by atoms with Crippen molar-refractivity contribution >= 4 is 28.9 Å². The van der Waals surface area contributed by atoms with E-state index in [-0.39, 0.29) is 17.8 Å². The number of H-pyrrole nitrogens is 1. The van der Waals surface area contributed by atoms with Gasteiger partial charge in [0.15, 0.2) is 0 Å². The smallest absolute Gasteiger partial charge is 0.337 e. The van der Waals surface area contributed by atoms with E-state index in [0.29, 0.717) is 16.9 Å². The number of carbonyl (C=O) groups excluding carboxylic acids is 2. The lowest BCUT2D eigenvalue weighted by Crippen LogP contribution is -2.24. The highest BCUT2D eigenvalue weighted by Crippen LogP contribution is 2.41. The SMILES string of the molecule is COC(=O)c1ccc(C(c2c[nH]c3ccc(/C=C(\C)C(=O)OC(C)(C)C)cc23)C(C)C)c(OC)c1. The molecule has 1 unspecified atom stereocenters. The van der Waals surface area contributed by atoms with Gasteiger partial charge in [-0.2, -0.15) is 0 Å². The van der Waals surface area contributed by atoms with Crippen LogP contribution in [-0.2, 0) is 14.3 Å². The van der Waals surface area contributed by atoms with Gasteiger partial charge in [-0.1, -0.05) is 26.0 Å². The molecule has 35 heavy (non-hydrogen) atoms. The van der Waals surface area contributed by atoms with Crippen molar-refractivity contribution in [1.82, 2.24) is 4.98 Å². The summed E-state index contributed by atoms with van der Waals surface area (Å²) in [6, 6.07) is 11.5. The Morgan fingerprint density at radius 2 is 1.71 bits per heavy atom. The Morgan fingerprint density at radius 3 is 2.31 bits per heavy atom. The van der Waals surface area contributed by atoms with Crippen molar-refractivity contribution in [3.63, 3.8) is 0 Å². The molecule has 1 atom stereocenters. The number of rotatable bonds is 7. The Balaban J connectivity index is 2.07. The molecule has 0 aliphatic carbocycles. The fourth-order valence-corrected chi connectivity index (χ4v) is 4.27. The first-order valence-corrected chi connectivity index (χ1v) is 11.7. The molecule has 0 amide bonds.